The molecule has 0 aliphatic rings. The van der Waals surface area contributed by atoms with Crippen molar-refractivity contribution in [3.8, 4) is 0 Å². The summed E-state index contributed by atoms with van der Waals surface area (Å²) in [6.45, 7) is 1.41. The van der Waals surface area contributed by atoms with E-state index in [1.165, 1.54) is 36.2 Å². The van der Waals surface area contributed by atoms with E-state index >= 15 is 0 Å². The number of anilines is 3. The van der Waals surface area contributed by atoms with Gasteiger partial charge in [0.15, 0.2) is 5.82 Å². The third-order valence-corrected chi connectivity index (χ3v) is 4.25. The van der Waals surface area contributed by atoms with Gasteiger partial charge in [0, 0.05) is 18.8 Å². The molecule has 7 nitrogen and oxygen atoms in total. The molecule has 0 bridgehead atoms. The molecule has 0 spiro atoms. The molecule has 2 N–H and O–H groups in total. The Labute approximate surface area is 175 Å². The Bertz CT molecular complexity index is 1100. The standard InChI is InChI=1S/C21H19F3N4O3/c1-13-10-18(27-31-13)26-19(29)12-28(2)20(30)16-8-3-4-9-17(16)25-15-7-5-6-14(11-15)21(22,23)24/h3-11,25H,12H2,1-2H3,(H,26,27,29). The van der Waals surface area contributed by atoms with Crippen LogP contribution < -0.4 is 10.6 Å². The van der Waals surface area contributed by atoms with Crippen molar-refractivity contribution in [2.45, 2.75) is 13.1 Å². The van der Waals surface area contributed by atoms with E-state index in [9.17, 15) is 22.8 Å². The molecule has 0 saturated heterocycles. The minimum absolute atomic E-state index is 0.178. The summed E-state index contributed by atoms with van der Waals surface area (Å²) in [7, 11) is 1.44. The predicted molar refractivity (Wildman–Crippen MR) is 108 cm³/mol. The van der Waals surface area contributed by atoms with E-state index in [0.717, 1.165) is 12.1 Å². The molecule has 0 aliphatic heterocycles. The number of carbonyl (C=O) groups excluding carboxylic acids is 2. The SMILES string of the molecule is Cc1cc(NC(=O)CN(C)C(=O)c2ccccc2Nc2cccc(C(F)(F)F)c2)no1. The molecule has 3 aromatic rings. The van der Waals surface area contributed by atoms with E-state index in [4.69, 9.17) is 4.52 Å². The fourth-order valence-electron chi connectivity index (χ4n) is 2.81. The molecular weight excluding hydrogens is 413 g/mol. The van der Waals surface area contributed by atoms with Gasteiger partial charge in [-0.25, -0.2) is 0 Å². The van der Waals surface area contributed by atoms with Gasteiger partial charge in [0.1, 0.15) is 5.76 Å². The van der Waals surface area contributed by atoms with Crippen LogP contribution in [0, 0.1) is 6.92 Å². The lowest BCUT2D eigenvalue weighted by Crippen LogP contribution is -2.35. The summed E-state index contributed by atoms with van der Waals surface area (Å²) >= 11 is 0. The van der Waals surface area contributed by atoms with E-state index in [1.807, 2.05) is 0 Å². The number of alkyl halides is 3. The smallest absolute Gasteiger partial charge is 0.360 e. The second-order valence-electron chi connectivity index (χ2n) is 6.78. The Kier molecular flexibility index (Phi) is 6.28. The number of nitrogens with one attached hydrogen (secondary N) is 2. The zero-order valence-corrected chi connectivity index (χ0v) is 16.7. The number of hydrogen-bond donors (Lipinski definition) is 2. The van der Waals surface area contributed by atoms with Crippen LogP contribution in [0.15, 0.2) is 59.1 Å². The molecule has 2 amide bonds. The van der Waals surface area contributed by atoms with Crippen molar-refractivity contribution < 1.29 is 27.3 Å². The molecule has 0 saturated carbocycles. The Morgan fingerprint density at radius 3 is 2.52 bits per heavy atom. The molecule has 0 atom stereocenters. The Balaban J connectivity index is 1.73. The molecule has 162 valence electrons. The molecule has 1 aromatic heterocycles. The first-order valence-electron chi connectivity index (χ1n) is 9.15. The van der Waals surface area contributed by atoms with Crippen molar-refractivity contribution in [1.29, 1.82) is 0 Å². The first-order valence-corrected chi connectivity index (χ1v) is 9.15. The van der Waals surface area contributed by atoms with Crippen LogP contribution in [0.3, 0.4) is 0 Å². The van der Waals surface area contributed by atoms with Crippen molar-refractivity contribution >= 4 is 29.0 Å². The zero-order valence-electron chi connectivity index (χ0n) is 16.7. The zero-order chi connectivity index (χ0) is 22.6. The second-order valence-corrected chi connectivity index (χ2v) is 6.78. The van der Waals surface area contributed by atoms with Crippen LogP contribution in [0.2, 0.25) is 0 Å². The third kappa shape index (κ3) is 5.62. The second kappa shape index (κ2) is 8.90. The first-order chi connectivity index (χ1) is 14.6. The number of nitrogens with zero attached hydrogens (tertiary/aromatic N) is 2. The Hall–Kier alpha value is -3.82. The number of aromatic nitrogens is 1. The number of benzene rings is 2. The van der Waals surface area contributed by atoms with Gasteiger partial charge in [0.25, 0.3) is 5.91 Å². The number of amides is 2. The monoisotopic (exact) mass is 432 g/mol. The van der Waals surface area contributed by atoms with Crippen molar-refractivity contribution in [2.24, 2.45) is 0 Å². The van der Waals surface area contributed by atoms with Crippen molar-refractivity contribution in [1.82, 2.24) is 10.1 Å². The van der Waals surface area contributed by atoms with Gasteiger partial charge in [-0.05, 0) is 37.3 Å². The van der Waals surface area contributed by atoms with Gasteiger partial charge in [-0.2, -0.15) is 13.2 Å². The van der Waals surface area contributed by atoms with Gasteiger partial charge < -0.3 is 20.1 Å². The van der Waals surface area contributed by atoms with Crippen LogP contribution in [0.1, 0.15) is 21.7 Å². The van der Waals surface area contributed by atoms with Crippen LogP contribution in [-0.4, -0.2) is 35.5 Å². The van der Waals surface area contributed by atoms with Gasteiger partial charge in [-0.1, -0.05) is 23.4 Å². The average molecular weight is 432 g/mol. The maximum atomic E-state index is 13.0. The number of hydrogen-bond acceptors (Lipinski definition) is 5. The number of rotatable bonds is 6. The van der Waals surface area contributed by atoms with Crippen LogP contribution >= 0.6 is 0 Å². The lowest BCUT2D eigenvalue weighted by Gasteiger charge is -2.19. The normalized spacial score (nSPS) is 11.1. The van der Waals surface area contributed by atoms with Gasteiger partial charge in [0.05, 0.1) is 23.4 Å². The van der Waals surface area contributed by atoms with Crippen molar-refractivity contribution in [3.05, 3.63) is 71.5 Å². The summed E-state index contributed by atoms with van der Waals surface area (Å²) in [6.07, 6.45) is -4.48. The van der Waals surface area contributed by atoms with Crippen LogP contribution in [0.5, 0.6) is 0 Å². The number of carbonyl (C=O) groups is 2. The lowest BCUT2D eigenvalue weighted by atomic mass is 10.1. The highest BCUT2D eigenvalue weighted by molar-refractivity contribution is 6.02. The van der Waals surface area contributed by atoms with Crippen molar-refractivity contribution in [2.75, 3.05) is 24.2 Å². The molecule has 3 rings (SSSR count). The van der Waals surface area contributed by atoms with Crippen LogP contribution in [0.25, 0.3) is 0 Å². The van der Waals surface area contributed by atoms with Gasteiger partial charge in [-0.3, -0.25) is 9.59 Å². The molecule has 31 heavy (non-hydrogen) atoms. The molecule has 0 aliphatic carbocycles. The fourth-order valence-corrected chi connectivity index (χ4v) is 2.81. The number of halogens is 3. The minimum Gasteiger partial charge on any atom is -0.360 e. The average Bonchev–Trinajstić information content (AvgIpc) is 3.11. The summed E-state index contributed by atoms with van der Waals surface area (Å²) in [4.78, 5) is 26.2. The van der Waals surface area contributed by atoms with Crippen LogP contribution in [-0.2, 0) is 11.0 Å². The number of likely N-dealkylation sites (N-methyl/N-ethyl adjacent to an activating group) is 1. The molecule has 10 heteroatoms. The fraction of sp³-hybridized carbons (Fsp3) is 0.190. The van der Waals surface area contributed by atoms with Gasteiger partial charge in [0.2, 0.25) is 5.91 Å². The summed E-state index contributed by atoms with van der Waals surface area (Å²) < 4.78 is 43.8. The highest BCUT2D eigenvalue weighted by Gasteiger charge is 2.30. The highest BCUT2D eigenvalue weighted by atomic mass is 19.4. The summed E-state index contributed by atoms with van der Waals surface area (Å²) in [5.74, 6) is -0.210. The lowest BCUT2D eigenvalue weighted by molar-refractivity contribution is -0.137. The highest BCUT2D eigenvalue weighted by Crippen LogP contribution is 2.32. The summed E-state index contributed by atoms with van der Waals surface area (Å²) in [5.41, 5.74) is -0.117. The van der Waals surface area contributed by atoms with Gasteiger partial charge in [-0.15, -0.1) is 0 Å². The molecule has 1 heterocycles. The number of aryl methyl sites for hydroxylation is 1. The topological polar surface area (TPSA) is 87.5 Å². The maximum absolute atomic E-state index is 13.0. The Morgan fingerprint density at radius 2 is 1.84 bits per heavy atom. The molecular formula is C21H19F3N4O3. The molecule has 2 aromatic carbocycles. The largest absolute Gasteiger partial charge is 0.416 e. The summed E-state index contributed by atoms with van der Waals surface area (Å²) in [5, 5.41) is 9.01. The molecule has 0 radical (unpaired) electrons. The quantitative estimate of drug-likeness (QED) is 0.601. The van der Waals surface area contributed by atoms with Gasteiger partial charge >= 0.3 is 6.18 Å². The number of para-hydroxylation sites is 1. The van der Waals surface area contributed by atoms with E-state index < -0.39 is 23.6 Å². The van der Waals surface area contributed by atoms with E-state index in [0.29, 0.717) is 11.4 Å². The molecule has 0 fully saturated rings. The Morgan fingerprint density at radius 1 is 1.10 bits per heavy atom. The molecule has 0 unspecified atom stereocenters. The summed E-state index contributed by atoms with van der Waals surface area (Å²) in [6, 6.07) is 12.6. The van der Waals surface area contributed by atoms with E-state index in [-0.39, 0.29) is 23.6 Å². The maximum Gasteiger partial charge on any atom is 0.416 e. The van der Waals surface area contributed by atoms with E-state index in [1.54, 1.807) is 25.1 Å². The third-order valence-electron chi connectivity index (χ3n) is 4.25. The minimum atomic E-state index is -4.48. The predicted octanol–water partition coefficient (Wildman–Crippen LogP) is 4.46. The van der Waals surface area contributed by atoms with E-state index in [2.05, 4.69) is 15.8 Å². The van der Waals surface area contributed by atoms with Crippen molar-refractivity contribution in [3.63, 3.8) is 0 Å². The first kappa shape index (κ1) is 21.9. The van der Waals surface area contributed by atoms with Crippen LogP contribution in [0.4, 0.5) is 30.4 Å².